The molecular weight excluding hydrogens is 358 g/mol. The maximum atomic E-state index is 12.2. The Balaban J connectivity index is 1.37. The van der Waals surface area contributed by atoms with E-state index in [0.717, 1.165) is 42.0 Å². The molecule has 0 fully saturated rings. The fraction of sp³-hybridized carbons (Fsp3) is 0.250. The number of nitrogens with zero attached hydrogens (tertiary/aromatic N) is 4. The van der Waals surface area contributed by atoms with E-state index >= 15 is 0 Å². The van der Waals surface area contributed by atoms with Crippen LogP contribution in [0.4, 0.5) is 17.3 Å². The van der Waals surface area contributed by atoms with Crippen LogP contribution < -0.4 is 10.2 Å². The van der Waals surface area contributed by atoms with Crippen molar-refractivity contribution in [3.05, 3.63) is 60.2 Å². The van der Waals surface area contributed by atoms with Crippen LogP contribution in [0.25, 0.3) is 0 Å². The molecule has 0 bridgehead atoms. The number of nitrogens with one attached hydrogen (secondary N) is 1. The number of carbonyl (C=O) groups excluding carboxylic acids is 1. The first-order chi connectivity index (χ1) is 13.2. The highest BCUT2D eigenvalue weighted by Crippen LogP contribution is 2.31. The number of aromatic nitrogens is 3. The number of thioether (sulfide) groups is 1. The predicted molar refractivity (Wildman–Crippen MR) is 109 cm³/mol. The lowest BCUT2D eigenvalue weighted by atomic mass is 10.1. The number of aryl methyl sites for hydroxylation is 1. The molecule has 0 aliphatic carbocycles. The zero-order chi connectivity index (χ0) is 18.6. The molecule has 27 heavy (non-hydrogen) atoms. The molecule has 6 nitrogen and oxygen atoms in total. The summed E-state index contributed by atoms with van der Waals surface area (Å²) in [5, 5.41) is 12.3. The Morgan fingerprint density at radius 3 is 2.59 bits per heavy atom. The molecule has 0 spiro atoms. The van der Waals surface area contributed by atoms with E-state index in [2.05, 4.69) is 44.0 Å². The second-order valence-electron chi connectivity index (χ2n) is 6.31. The van der Waals surface area contributed by atoms with Crippen molar-refractivity contribution in [2.45, 2.75) is 25.0 Å². The highest BCUT2D eigenvalue weighted by molar-refractivity contribution is 7.99. The molecule has 1 N–H and O–H groups in total. The Bertz CT molecular complexity index is 923. The summed E-state index contributed by atoms with van der Waals surface area (Å²) in [6.45, 7) is 3.79. The Morgan fingerprint density at radius 2 is 1.85 bits per heavy atom. The van der Waals surface area contributed by atoms with Gasteiger partial charge in [0.15, 0.2) is 5.16 Å². The van der Waals surface area contributed by atoms with Gasteiger partial charge < -0.3 is 10.2 Å². The van der Waals surface area contributed by atoms with Gasteiger partial charge in [-0.2, -0.15) is 0 Å². The van der Waals surface area contributed by atoms with E-state index < -0.39 is 0 Å². The van der Waals surface area contributed by atoms with Crippen LogP contribution in [-0.2, 0) is 17.8 Å². The fourth-order valence-corrected chi connectivity index (χ4v) is 3.85. The van der Waals surface area contributed by atoms with Crippen molar-refractivity contribution in [3.8, 4) is 0 Å². The number of hydrogen-bond acceptors (Lipinski definition) is 5. The summed E-state index contributed by atoms with van der Waals surface area (Å²) >= 11 is 1.42. The van der Waals surface area contributed by atoms with Gasteiger partial charge in [0.25, 0.3) is 0 Å². The van der Waals surface area contributed by atoms with Gasteiger partial charge in [-0.3, -0.25) is 9.36 Å². The molecule has 4 rings (SSSR count). The van der Waals surface area contributed by atoms with Crippen molar-refractivity contribution in [2.24, 2.45) is 0 Å². The minimum absolute atomic E-state index is 0.0421. The first kappa shape index (κ1) is 17.6. The van der Waals surface area contributed by atoms with Crippen LogP contribution in [0.3, 0.4) is 0 Å². The number of benzene rings is 2. The second-order valence-corrected chi connectivity index (χ2v) is 7.25. The Hall–Kier alpha value is -2.80. The smallest absolute Gasteiger partial charge is 0.234 e. The molecule has 1 aliphatic heterocycles. The molecule has 1 aliphatic rings. The van der Waals surface area contributed by atoms with Gasteiger partial charge in [0, 0.05) is 24.5 Å². The third kappa shape index (κ3) is 3.83. The summed E-state index contributed by atoms with van der Waals surface area (Å²) in [5.74, 6) is 1.10. The molecule has 1 amide bonds. The average Bonchev–Trinajstić information content (AvgIpc) is 3.30. The summed E-state index contributed by atoms with van der Waals surface area (Å²) < 4.78 is 2.07. The third-order valence-electron chi connectivity index (χ3n) is 4.53. The van der Waals surface area contributed by atoms with Crippen LogP contribution >= 0.6 is 11.8 Å². The fourth-order valence-electron chi connectivity index (χ4n) is 3.09. The summed E-state index contributed by atoms with van der Waals surface area (Å²) in [4.78, 5) is 14.4. The number of hydrogen-bond donors (Lipinski definition) is 1. The largest absolute Gasteiger partial charge is 0.325 e. The van der Waals surface area contributed by atoms with Crippen molar-refractivity contribution in [1.29, 1.82) is 0 Å². The first-order valence-corrected chi connectivity index (χ1v) is 10.0. The monoisotopic (exact) mass is 379 g/mol. The number of para-hydroxylation sites is 1. The van der Waals surface area contributed by atoms with Crippen molar-refractivity contribution in [2.75, 3.05) is 22.5 Å². The standard InChI is InChI=1S/C20H21N5OS/c1-2-15-8-10-16(11-9-15)21-18(26)14-27-20-23-22-19-24(12-13-25(19)20)17-6-4-3-5-7-17/h3-11H,2,12-14H2,1H3,(H,21,26). The molecule has 138 valence electrons. The quantitative estimate of drug-likeness (QED) is 0.661. The molecule has 3 aromatic rings. The Kier molecular flexibility index (Phi) is 5.11. The third-order valence-corrected chi connectivity index (χ3v) is 5.50. The lowest BCUT2D eigenvalue weighted by molar-refractivity contribution is -0.113. The molecule has 2 aromatic carbocycles. The molecule has 7 heteroatoms. The highest BCUT2D eigenvalue weighted by Gasteiger charge is 2.26. The summed E-state index contributed by atoms with van der Waals surface area (Å²) in [7, 11) is 0. The van der Waals surface area contributed by atoms with Crippen molar-refractivity contribution in [1.82, 2.24) is 14.8 Å². The van der Waals surface area contributed by atoms with Crippen LogP contribution in [0.2, 0.25) is 0 Å². The molecule has 0 saturated carbocycles. The summed E-state index contributed by atoms with van der Waals surface area (Å²) in [6.07, 6.45) is 0.988. The van der Waals surface area contributed by atoms with Crippen molar-refractivity contribution >= 4 is 35.0 Å². The SMILES string of the molecule is CCc1ccc(NC(=O)CSc2nnc3n2CCN3c2ccccc2)cc1. The van der Waals surface area contributed by atoms with E-state index in [9.17, 15) is 4.79 Å². The van der Waals surface area contributed by atoms with Gasteiger partial charge in [-0.1, -0.05) is 49.0 Å². The number of anilines is 3. The molecule has 2 heterocycles. The normalized spacial score (nSPS) is 12.9. The first-order valence-electron chi connectivity index (χ1n) is 9.02. The van der Waals surface area contributed by atoms with Gasteiger partial charge in [-0.25, -0.2) is 0 Å². The lowest BCUT2D eigenvalue weighted by Gasteiger charge is -2.14. The van der Waals surface area contributed by atoms with Crippen LogP contribution in [-0.4, -0.2) is 33.0 Å². The predicted octanol–water partition coefficient (Wildman–Crippen LogP) is 3.72. The van der Waals surface area contributed by atoms with Gasteiger partial charge >= 0.3 is 0 Å². The number of rotatable bonds is 6. The van der Waals surface area contributed by atoms with Gasteiger partial charge in [0.05, 0.1) is 5.75 Å². The maximum Gasteiger partial charge on any atom is 0.234 e. The van der Waals surface area contributed by atoms with Gasteiger partial charge in [-0.05, 0) is 36.2 Å². The number of fused-ring (bicyclic) bond motifs is 1. The van der Waals surface area contributed by atoms with E-state index in [0.29, 0.717) is 5.75 Å². The highest BCUT2D eigenvalue weighted by atomic mass is 32.2. The minimum Gasteiger partial charge on any atom is -0.325 e. The molecule has 0 radical (unpaired) electrons. The van der Waals surface area contributed by atoms with Gasteiger partial charge in [0.1, 0.15) is 0 Å². The van der Waals surface area contributed by atoms with Crippen LogP contribution in [0.5, 0.6) is 0 Å². The molecule has 0 saturated heterocycles. The summed E-state index contributed by atoms with van der Waals surface area (Å²) in [6, 6.07) is 18.1. The number of carbonyl (C=O) groups is 1. The number of amides is 1. The van der Waals surface area contributed by atoms with E-state index in [1.165, 1.54) is 17.3 Å². The summed E-state index contributed by atoms with van der Waals surface area (Å²) in [5.41, 5.74) is 3.18. The molecule has 0 unspecified atom stereocenters. The van der Waals surface area contributed by atoms with Crippen LogP contribution in [0.15, 0.2) is 59.8 Å². The molecule has 0 atom stereocenters. The van der Waals surface area contributed by atoms with E-state index in [1.54, 1.807) is 0 Å². The lowest BCUT2D eigenvalue weighted by Crippen LogP contribution is -2.14. The van der Waals surface area contributed by atoms with E-state index in [-0.39, 0.29) is 5.91 Å². The van der Waals surface area contributed by atoms with Crippen molar-refractivity contribution in [3.63, 3.8) is 0 Å². The zero-order valence-corrected chi connectivity index (χ0v) is 15.9. The van der Waals surface area contributed by atoms with Crippen molar-refractivity contribution < 1.29 is 4.79 Å². The molecular formula is C20H21N5OS. The Labute approximate surface area is 162 Å². The second kappa shape index (κ2) is 7.84. The van der Waals surface area contributed by atoms with Gasteiger partial charge in [-0.15, -0.1) is 10.2 Å². The minimum atomic E-state index is -0.0421. The average molecular weight is 379 g/mol. The van der Waals surface area contributed by atoms with Gasteiger partial charge in [0.2, 0.25) is 11.9 Å². The van der Waals surface area contributed by atoms with Crippen LogP contribution in [0, 0.1) is 0 Å². The van der Waals surface area contributed by atoms with Crippen LogP contribution in [0.1, 0.15) is 12.5 Å². The maximum absolute atomic E-state index is 12.2. The molecule has 1 aromatic heterocycles. The van der Waals surface area contributed by atoms with E-state index in [4.69, 9.17) is 0 Å². The zero-order valence-electron chi connectivity index (χ0n) is 15.1. The topological polar surface area (TPSA) is 63.1 Å². The van der Waals surface area contributed by atoms with E-state index in [1.807, 2.05) is 42.5 Å². The Morgan fingerprint density at radius 1 is 1.07 bits per heavy atom.